The molecule has 0 saturated carbocycles. The maximum atomic E-state index is 5.34. The Balaban J connectivity index is 2.47. The van der Waals surface area contributed by atoms with Gasteiger partial charge in [-0.2, -0.15) is 0 Å². The molecule has 0 atom stereocenters. The van der Waals surface area contributed by atoms with Gasteiger partial charge in [0.2, 0.25) is 0 Å². The van der Waals surface area contributed by atoms with Crippen LogP contribution in [0.4, 0.5) is 5.82 Å². The van der Waals surface area contributed by atoms with E-state index >= 15 is 0 Å². The summed E-state index contributed by atoms with van der Waals surface area (Å²) in [6.45, 7) is 2.83. The highest BCUT2D eigenvalue weighted by Gasteiger charge is 2.10. The molecule has 5 heteroatoms. The average molecular weight is 259 g/mol. The Morgan fingerprint density at radius 1 is 1.16 bits per heavy atom. The van der Waals surface area contributed by atoms with Crippen LogP contribution in [0, 0.1) is 0 Å². The van der Waals surface area contributed by atoms with Gasteiger partial charge in [0, 0.05) is 12.7 Å². The van der Waals surface area contributed by atoms with E-state index in [2.05, 4.69) is 15.3 Å². The first kappa shape index (κ1) is 13.1. The van der Waals surface area contributed by atoms with Crippen molar-refractivity contribution in [2.75, 3.05) is 26.1 Å². The molecule has 1 aromatic carbocycles. The molecular weight excluding hydrogens is 242 g/mol. The fraction of sp³-hybridized carbons (Fsp3) is 0.286. The van der Waals surface area contributed by atoms with Crippen molar-refractivity contribution in [3.8, 4) is 22.9 Å². The smallest absolute Gasteiger partial charge is 0.165 e. The molecule has 0 unspecified atom stereocenters. The van der Waals surface area contributed by atoms with E-state index in [9.17, 15) is 0 Å². The molecule has 1 heterocycles. The molecule has 0 spiro atoms. The first-order valence-electron chi connectivity index (χ1n) is 6.07. The number of hydrogen-bond acceptors (Lipinski definition) is 5. The lowest BCUT2D eigenvalue weighted by atomic mass is 10.1. The average Bonchev–Trinajstić information content (AvgIpc) is 2.47. The number of rotatable bonds is 5. The van der Waals surface area contributed by atoms with Gasteiger partial charge in [-0.25, -0.2) is 9.97 Å². The van der Waals surface area contributed by atoms with Gasteiger partial charge in [0.15, 0.2) is 5.82 Å². The molecule has 0 fully saturated rings. The number of aromatic nitrogens is 2. The molecule has 1 aromatic heterocycles. The van der Waals surface area contributed by atoms with Crippen molar-refractivity contribution in [3.63, 3.8) is 0 Å². The van der Waals surface area contributed by atoms with Crippen molar-refractivity contribution in [1.29, 1.82) is 0 Å². The molecule has 0 aliphatic carbocycles. The predicted octanol–water partition coefficient (Wildman–Crippen LogP) is 2.59. The van der Waals surface area contributed by atoms with E-state index in [0.717, 1.165) is 29.4 Å². The quantitative estimate of drug-likeness (QED) is 0.894. The van der Waals surface area contributed by atoms with Gasteiger partial charge < -0.3 is 14.8 Å². The fourth-order valence-electron chi connectivity index (χ4n) is 1.76. The summed E-state index contributed by atoms with van der Waals surface area (Å²) in [5.74, 6) is 2.86. The largest absolute Gasteiger partial charge is 0.497 e. The summed E-state index contributed by atoms with van der Waals surface area (Å²) in [5.41, 5.74) is 0.807. The lowest BCUT2D eigenvalue weighted by molar-refractivity contribution is 0.404. The van der Waals surface area contributed by atoms with Crippen molar-refractivity contribution in [2.24, 2.45) is 0 Å². The van der Waals surface area contributed by atoms with Crippen LogP contribution in [-0.4, -0.2) is 30.7 Å². The van der Waals surface area contributed by atoms with E-state index in [4.69, 9.17) is 9.47 Å². The zero-order valence-corrected chi connectivity index (χ0v) is 11.3. The first-order chi connectivity index (χ1) is 9.28. The standard InChI is InChI=1S/C14H17N3O2/c1-4-15-13-7-8-16-14(17-13)11-9-10(18-2)5-6-12(11)19-3/h5-9H,4H2,1-3H3,(H,15,16,17). The van der Waals surface area contributed by atoms with Crippen molar-refractivity contribution >= 4 is 5.82 Å². The van der Waals surface area contributed by atoms with Gasteiger partial charge in [0.1, 0.15) is 17.3 Å². The van der Waals surface area contributed by atoms with Gasteiger partial charge >= 0.3 is 0 Å². The minimum atomic E-state index is 0.606. The third kappa shape index (κ3) is 2.93. The fourth-order valence-corrected chi connectivity index (χ4v) is 1.76. The molecule has 0 bridgehead atoms. The molecule has 5 nitrogen and oxygen atoms in total. The molecule has 0 aliphatic heterocycles. The topological polar surface area (TPSA) is 56.3 Å². The highest BCUT2D eigenvalue weighted by atomic mass is 16.5. The van der Waals surface area contributed by atoms with Gasteiger partial charge in [-0.3, -0.25) is 0 Å². The van der Waals surface area contributed by atoms with E-state index in [1.54, 1.807) is 20.4 Å². The Morgan fingerprint density at radius 3 is 2.68 bits per heavy atom. The minimum absolute atomic E-state index is 0.606. The molecule has 0 saturated heterocycles. The Kier molecular flexibility index (Phi) is 4.18. The van der Waals surface area contributed by atoms with E-state index in [1.807, 2.05) is 31.2 Å². The third-order valence-electron chi connectivity index (χ3n) is 2.66. The molecule has 19 heavy (non-hydrogen) atoms. The third-order valence-corrected chi connectivity index (χ3v) is 2.66. The Labute approximate surface area is 112 Å². The summed E-state index contributed by atoms with van der Waals surface area (Å²) >= 11 is 0. The summed E-state index contributed by atoms with van der Waals surface area (Å²) in [6, 6.07) is 7.39. The van der Waals surface area contributed by atoms with Crippen molar-refractivity contribution in [3.05, 3.63) is 30.5 Å². The van der Waals surface area contributed by atoms with Crippen LogP contribution in [0.1, 0.15) is 6.92 Å². The van der Waals surface area contributed by atoms with E-state index < -0.39 is 0 Å². The SMILES string of the molecule is CCNc1ccnc(-c2cc(OC)ccc2OC)n1. The summed E-state index contributed by atoms with van der Waals surface area (Å²) in [6.07, 6.45) is 1.72. The second-order valence-corrected chi connectivity index (χ2v) is 3.86. The lowest BCUT2D eigenvalue weighted by Gasteiger charge is -2.10. The number of nitrogens with one attached hydrogen (secondary N) is 1. The summed E-state index contributed by atoms with van der Waals surface area (Å²) in [5, 5.41) is 3.16. The van der Waals surface area contributed by atoms with Crippen molar-refractivity contribution in [2.45, 2.75) is 6.92 Å². The maximum Gasteiger partial charge on any atom is 0.165 e. The van der Waals surface area contributed by atoms with Crippen LogP contribution in [0.25, 0.3) is 11.4 Å². The number of anilines is 1. The van der Waals surface area contributed by atoms with Crippen LogP contribution in [-0.2, 0) is 0 Å². The van der Waals surface area contributed by atoms with Crippen molar-refractivity contribution in [1.82, 2.24) is 9.97 Å². The Hall–Kier alpha value is -2.30. The van der Waals surface area contributed by atoms with Crippen LogP contribution < -0.4 is 14.8 Å². The van der Waals surface area contributed by atoms with E-state index in [1.165, 1.54) is 0 Å². The number of methoxy groups -OCH3 is 2. The highest BCUT2D eigenvalue weighted by molar-refractivity contribution is 5.67. The van der Waals surface area contributed by atoms with Crippen molar-refractivity contribution < 1.29 is 9.47 Å². The Bertz CT molecular complexity index is 558. The molecular formula is C14H17N3O2. The van der Waals surface area contributed by atoms with Crippen LogP contribution in [0.15, 0.2) is 30.5 Å². The molecule has 1 N–H and O–H groups in total. The summed E-state index contributed by atoms with van der Waals surface area (Å²) < 4.78 is 10.6. The monoisotopic (exact) mass is 259 g/mol. The van der Waals surface area contributed by atoms with Gasteiger partial charge in [-0.15, -0.1) is 0 Å². The summed E-state index contributed by atoms with van der Waals surface area (Å²) in [7, 11) is 3.25. The number of nitrogens with zero attached hydrogens (tertiary/aromatic N) is 2. The molecule has 0 amide bonds. The maximum absolute atomic E-state index is 5.34. The number of benzene rings is 1. The molecule has 0 radical (unpaired) electrons. The first-order valence-corrected chi connectivity index (χ1v) is 6.07. The van der Waals surface area contributed by atoms with Gasteiger partial charge in [0.05, 0.1) is 19.8 Å². The van der Waals surface area contributed by atoms with Crippen LogP contribution in [0.5, 0.6) is 11.5 Å². The number of ether oxygens (including phenoxy) is 2. The normalized spacial score (nSPS) is 10.1. The molecule has 0 aliphatic rings. The van der Waals surface area contributed by atoms with Gasteiger partial charge in [0.25, 0.3) is 0 Å². The van der Waals surface area contributed by atoms with E-state index in [-0.39, 0.29) is 0 Å². The van der Waals surface area contributed by atoms with Crippen LogP contribution in [0.3, 0.4) is 0 Å². The predicted molar refractivity (Wildman–Crippen MR) is 74.7 cm³/mol. The minimum Gasteiger partial charge on any atom is -0.497 e. The zero-order chi connectivity index (χ0) is 13.7. The van der Waals surface area contributed by atoms with Crippen LogP contribution >= 0.6 is 0 Å². The second-order valence-electron chi connectivity index (χ2n) is 3.86. The van der Waals surface area contributed by atoms with Gasteiger partial charge in [-0.1, -0.05) is 0 Å². The zero-order valence-electron chi connectivity index (χ0n) is 11.3. The molecule has 100 valence electrons. The summed E-state index contributed by atoms with van der Waals surface area (Å²) in [4.78, 5) is 8.75. The van der Waals surface area contributed by atoms with Gasteiger partial charge in [-0.05, 0) is 31.2 Å². The van der Waals surface area contributed by atoms with E-state index in [0.29, 0.717) is 5.82 Å². The second kappa shape index (κ2) is 6.04. The highest BCUT2D eigenvalue weighted by Crippen LogP contribution is 2.31. The molecule has 2 aromatic rings. The van der Waals surface area contributed by atoms with Crippen LogP contribution in [0.2, 0.25) is 0 Å². The molecule has 2 rings (SSSR count). The number of hydrogen-bond donors (Lipinski definition) is 1. The Morgan fingerprint density at radius 2 is 2.00 bits per heavy atom. The lowest BCUT2D eigenvalue weighted by Crippen LogP contribution is -2.01.